The van der Waals surface area contributed by atoms with E-state index >= 15 is 0 Å². The molecule has 20 heavy (non-hydrogen) atoms. The van der Waals surface area contributed by atoms with Gasteiger partial charge < -0.3 is 10.1 Å². The summed E-state index contributed by atoms with van der Waals surface area (Å²) in [5.41, 5.74) is 2.55. The van der Waals surface area contributed by atoms with Gasteiger partial charge >= 0.3 is 0 Å². The van der Waals surface area contributed by atoms with Gasteiger partial charge in [-0.1, -0.05) is 40.2 Å². The number of alkyl halides is 1. The Morgan fingerprint density at radius 3 is 2.85 bits per heavy atom. The predicted octanol–water partition coefficient (Wildman–Crippen LogP) is 4.11. The van der Waals surface area contributed by atoms with Crippen LogP contribution >= 0.6 is 27.5 Å². The molecular formula is C15H11BrClNO2. The topological polar surface area (TPSA) is 38.3 Å². The van der Waals surface area contributed by atoms with E-state index < -0.39 is 0 Å². The second-order valence-corrected chi connectivity index (χ2v) is 5.77. The maximum Gasteiger partial charge on any atom is 0.262 e. The monoisotopic (exact) mass is 351 g/mol. The first-order chi connectivity index (χ1) is 9.65. The third-order valence-electron chi connectivity index (χ3n) is 3.11. The van der Waals surface area contributed by atoms with Crippen LogP contribution in [0, 0.1) is 0 Å². The Kier molecular flexibility index (Phi) is 3.68. The van der Waals surface area contributed by atoms with E-state index in [4.69, 9.17) is 16.3 Å². The third-order valence-corrected chi connectivity index (χ3v) is 4.32. The molecule has 1 N–H and O–H groups in total. The normalized spacial score (nSPS) is 15.0. The standard InChI is InChI=1S/C15H11BrClNO2/c16-11-4-2-1-3-10(11)15(17)9-5-6-13-12(7-9)18-14(19)8-20-13/h1-7,15H,8H2,(H,18,19). The molecule has 3 rings (SSSR count). The van der Waals surface area contributed by atoms with E-state index in [0.29, 0.717) is 11.4 Å². The van der Waals surface area contributed by atoms with Crippen molar-refractivity contribution in [2.75, 3.05) is 11.9 Å². The molecule has 0 saturated carbocycles. The number of carbonyl (C=O) groups excluding carboxylic acids is 1. The summed E-state index contributed by atoms with van der Waals surface area (Å²) in [6, 6.07) is 13.4. The summed E-state index contributed by atoms with van der Waals surface area (Å²) < 4.78 is 6.29. The van der Waals surface area contributed by atoms with Crippen molar-refractivity contribution in [3.05, 3.63) is 58.1 Å². The van der Waals surface area contributed by atoms with Crippen molar-refractivity contribution in [3.63, 3.8) is 0 Å². The van der Waals surface area contributed by atoms with Crippen molar-refractivity contribution >= 4 is 39.1 Å². The first kappa shape index (κ1) is 13.5. The summed E-state index contributed by atoms with van der Waals surface area (Å²) in [5.74, 6) is 0.519. The van der Waals surface area contributed by atoms with Crippen LogP contribution in [0.25, 0.3) is 0 Å². The molecule has 0 aliphatic carbocycles. The molecule has 2 aromatic rings. The molecule has 0 bridgehead atoms. The Balaban J connectivity index is 1.97. The van der Waals surface area contributed by atoms with Gasteiger partial charge in [-0.2, -0.15) is 0 Å². The highest BCUT2D eigenvalue weighted by molar-refractivity contribution is 9.10. The summed E-state index contributed by atoms with van der Waals surface area (Å²) >= 11 is 10.0. The number of halogens is 2. The highest BCUT2D eigenvalue weighted by atomic mass is 79.9. The molecule has 0 spiro atoms. The highest BCUT2D eigenvalue weighted by Gasteiger charge is 2.19. The Morgan fingerprint density at radius 1 is 1.25 bits per heavy atom. The molecule has 3 nitrogen and oxygen atoms in total. The number of hydrogen-bond donors (Lipinski definition) is 1. The van der Waals surface area contributed by atoms with Gasteiger partial charge in [0.1, 0.15) is 5.75 Å². The molecular weight excluding hydrogens is 342 g/mol. The molecule has 1 unspecified atom stereocenters. The number of fused-ring (bicyclic) bond motifs is 1. The maximum atomic E-state index is 11.4. The Morgan fingerprint density at radius 2 is 2.05 bits per heavy atom. The van der Waals surface area contributed by atoms with Crippen LogP contribution in [0.4, 0.5) is 5.69 Å². The zero-order chi connectivity index (χ0) is 14.1. The van der Waals surface area contributed by atoms with Gasteiger partial charge in [-0.3, -0.25) is 4.79 Å². The van der Waals surface area contributed by atoms with Crippen LogP contribution in [-0.4, -0.2) is 12.5 Å². The Labute approximate surface area is 130 Å². The van der Waals surface area contributed by atoms with Crippen molar-refractivity contribution in [3.8, 4) is 5.75 Å². The second-order valence-electron chi connectivity index (χ2n) is 4.48. The first-order valence-corrected chi connectivity index (χ1v) is 7.33. The number of nitrogens with one attached hydrogen (secondary N) is 1. The van der Waals surface area contributed by atoms with Crippen molar-refractivity contribution in [2.45, 2.75) is 5.38 Å². The van der Waals surface area contributed by atoms with Crippen molar-refractivity contribution in [2.24, 2.45) is 0 Å². The van der Waals surface area contributed by atoms with E-state index in [9.17, 15) is 4.79 Å². The van der Waals surface area contributed by atoms with Crippen LogP contribution in [0.3, 0.4) is 0 Å². The van der Waals surface area contributed by atoms with E-state index in [1.54, 1.807) is 0 Å². The molecule has 102 valence electrons. The summed E-state index contributed by atoms with van der Waals surface area (Å²) in [6.07, 6.45) is 0. The van der Waals surface area contributed by atoms with Crippen LogP contribution in [0.1, 0.15) is 16.5 Å². The van der Waals surface area contributed by atoms with Gasteiger partial charge in [-0.25, -0.2) is 0 Å². The molecule has 2 aromatic carbocycles. The van der Waals surface area contributed by atoms with Gasteiger partial charge in [0.2, 0.25) is 0 Å². The minimum Gasteiger partial charge on any atom is -0.482 e. The fourth-order valence-corrected chi connectivity index (χ4v) is 3.09. The highest BCUT2D eigenvalue weighted by Crippen LogP contribution is 2.37. The molecule has 0 radical (unpaired) electrons. The lowest BCUT2D eigenvalue weighted by molar-refractivity contribution is -0.118. The Bertz CT molecular complexity index is 675. The van der Waals surface area contributed by atoms with Gasteiger partial charge in [0.05, 0.1) is 11.1 Å². The summed E-state index contributed by atoms with van der Waals surface area (Å²) in [7, 11) is 0. The van der Waals surface area contributed by atoms with Gasteiger partial charge in [0, 0.05) is 4.47 Å². The molecule has 0 saturated heterocycles. The molecule has 1 heterocycles. The average Bonchev–Trinajstić information content (AvgIpc) is 2.46. The lowest BCUT2D eigenvalue weighted by Gasteiger charge is -2.20. The smallest absolute Gasteiger partial charge is 0.262 e. The lowest BCUT2D eigenvalue weighted by atomic mass is 10.0. The summed E-state index contributed by atoms with van der Waals surface area (Å²) in [5, 5.41) is 2.49. The number of ether oxygens (including phenoxy) is 1. The van der Waals surface area contributed by atoms with E-state index in [1.165, 1.54) is 0 Å². The predicted molar refractivity (Wildman–Crippen MR) is 82.4 cm³/mol. The number of amides is 1. The third kappa shape index (κ3) is 2.53. The van der Waals surface area contributed by atoms with Crippen LogP contribution in [0.2, 0.25) is 0 Å². The largest absolute Gasteiger partial charge is 0.482 e. The van der Waals surface area contributed by atoms with Crippen LogP contribution in [-0.2, 0) is 4.79 Å². The van der Waals surface area contributed by atoms with Gasteiger partial charge in [-0.05, 0) is 29.3 Å². The zero-order valence-corrected chi connectivity index (χ0v) is 12.7. The van der Waals surface area contributed by atoms with Crippen molar-refractivity contribution < 1.29 is 9.53 Å². The van der Waals surface area contributed by atoms with Crippen molar-refractivity contribution in [1.29, 1.82) is 0 Å². The quantitative estimate of drug-likeness (QED) is 0.826. The fraction of sp³-hybridized carbons (Fsp3) is 0.133. The molecule has 0 fully saturated rings. The molecule has 1 aliphatic rings. The van der Waals surface area contributed by atoms with Gasteiger partial charge in [0.25, 0.3) is 5.91 Å². The zero-order valence-electron chi connectivity index (χ0n) is 10.4. The SMILES string of the molecule is O=C1COc2ccc(C(Cl)c3ccccc3Br)cc2N1. The lowest BCUT2D eigenvalue weighted by Crippen LogP contribution is -2.25. The number of benzene rings is 2. The Hall–Kier alpha value is -1.52. The van der Waals surface area contributed by atoms with E-state index in [2.05, 4.69) is 21.2 Å². The summed E-state index contributed by atoms with van der Waals surface area (Å²) in [4.78, 5) is 11.4. The van der Waals surface area contributed by atoms with Gasteiger partial charge in [0.15, 0.2) is 6.61 Å². The van der Waals surface area contributed by atoms with Crippen LogP contribution in [0.15, 0.2) is 46.9 Å². The van der Waals surface area contributed by atoms with Gasteiger partial charge in [-0.15, -0.1) is 11.6 Å². The first-order valence-electron chi connectivity index (χ1n) is 6.10. The summed E-state index contributed by atoms with van der Waals surface area (Å²) in [6.45, 7) is 0.0564. The van der Waals surface area contributed by atoms with Crippen LogP contribution < -0.4 is 10.1 Å². The average molecular weight is 353 g/mol. The molecule has 0 aromatic heterocycles. The van der Waals surface area contributed by atoms with Crippen molar-refractivity contribution in [1.82, 2.24) is 0 Å². The number of anilines is 1. The molecule has 1 aliphatic heterocycles. The molecule has 1 atom stereocenters. The van der Waals surface area contributed by atoms with E-state index in [1.807, 2.05) is 42.5 Å². The molecule has 5 heteroatoms. The number of carbonyl (C=O) groups is 1. The number of rotatable bonds is 2. The minimum atomic E-state index is -0.297. The van der Waals surface area contributed by atoms with E-state index in [-0.39, 0.29) is 17.9 Å². The maximum absolute atomic E-state index is 11.4. The second kappa shape index (κ2) is 5.46. The van der Waals surface area contributed by atoms with E-state index in [0.717, 1.165) is 15.6 Å². The number of hydrogen-bond acceptors (Lipinski definition) is 2. The minimum absolute atomic E-state index is 0.0564. The van der Waals surface area contributed by atoms with Crippen LogP contribution in [0.5, 0.6) is 5.75 Å². The fourth-order valence-electron chi connectivity index (χ4n) is 2.12. The molecule has 1 amide bonds.